The molecule has 18 heavy (non-hydrogen) atoms. The summed E-state index contributed by atoms with van der Waals surface area (Å²) in [6.07, 6.45) is 6.23. The highest BCUT2D eigenvalue weighted by Crippen LogP contribution is 2.37. The van der Waals surface area contributed by atoms with Crippen LogP contribution in [0.15, 0.2) is 0 Å². The van der Waals surface area contributed by atoms with Crippen LogP contribution in [0.5, 0.6) is 0 Å². The van der Waals surface area contributed by atoms with E-state index in [0.29, 0.717) is 5.92 Å². The molecule has 0 heterocycles. The molecule has 4 heteroatoms. The van der Waals surface area contributed by atoms with Gasteiger partial charge in [-0.1, -0.05) is 26.7 Å². The lowest BCUT2D eigenvalue weighted by Crippen LogP contribution is -2.58. The summed E-state index contributed by atoms with van der Waals surface area (Å²) in [6.45, 7) is 6.54. The van der Waals surface area contributed by atoms with Crippen molar-refractivity contribution in [3.05, 3.63) is 0 Å². The number of nitrogens with two attached hydrogens (primary N) is 1. The zero-order chi connectivity index (χ0) is 13.4. The minimum absolute atomic E-state index is 0.194. The van der Waals surface area contributed by atoms with Crippen LogP contribution in [-0.4, -0.2) is 31.2 Å². The molecule has 1 amide bonds. The van der Waals surface area contributed by atoms with E-state index in [2.05, 4.69) is 12.2 Å². The third-order valence-electron chi connectivity index (χ3n) is 4.01. The third-order valence-corrected chi connectivity index (χ3v) is 4.01. The molecule has 1 rings (SSSR count). The molecule has 1 fully saturated rings. The first-order chi connectivity index (χ1) is 8.67. The normalized spacial score (nSPS) is 27.6. The van der Waals surface area contributed by atoms with E-state index in [0.717, 1.165) is 58.3 Å². The second-order valence-electron chi connectivity index (χ2n) is 5.21. The highest BCUT2D eigenvalue weighted by atomic mass is 16.5. The molecule has 2 atom stereocenters. The summed E-state index contributed by atoms with van der Waals surface area (Å²) in [4.78, 5) is 11.8. The number of primary amides is 1. The van der Waals surface area contributed by atoms with Crippen molar-refractivity contribution in [1.29, 1.82) is 0 Å². The molecule has 1 saturated carbocycles. The molecule has 3 N–H and O–H groups in total. The van der Waals surface area contributed by atoms with Gasteiger partial charge in [-0.2, -0.15) is 0 Å². The van der Waals surface area contributed by atoms with Gasteiger partial charge in [-0.25, -0.2) is 0 Å². The molecular weight excluding hydrogens is 228 g/mol. The second-order valence-corrected chi connectivity index (χ2v) is 5.21. The van der Waals surface area contributed by atoms with Crippen molar-refractivity contribution in [2.24, 2.45) is 11.7 Å². The first kappa shape index (κ1) is 15.4. The maximum Gasteiger partial charge on any atom is 0.238 e. The number of ether oxygens (including phenoxy) is 1. The summed E-state index contributed by atoms with van der Waals surface area (Å²) < 4.78 is 5.61. The summed E-state index contributed by atoms with van der Waals surface area (Å²) >= 11 is 0. The van der Waals surface area contributed by atoms with E-state index in [1.54, 1.807) is 0 Å². The number of carbonyl (C=O) groups is 1. The summed E-state index contributed by atoms with van der Waals surface area (Å²) in [5.74, 6) is 0.136. The van der Waals surface area contributed by atoms with Crippen LogP contribution in [0.3, 0.4) is 0 Å². The Bertz CT molecular complexity index is 258. The summed E-state index contributed by atoms with van der Waals surface area (Å²) in [7, 11) is 0. The Morgan fingerprint density at radius 1 is 1.44 bits per heavy atom. The van der Waals surface area contributed by atoms with Crippen LogP contribution in [0.25, 0.3) is 0 Å². The van der Waals surface area contributed by atoms with Gasteiger partial charge in [0.2, 0.25) is 5.91 Å². The van der Waals surface area contributed by atoms with Crippen molar-refractivity contribution in [2.75, 3.05) is 19.8 Å². The largest absolute Gasteiger partial charge is 0.381 e. The summed E-state index contributed by atoms with van der Waals surface area (Å²) in [5.41, 5.74) is 5.14. The fourth-order valence-electron chi connectivity index (χ4n) is 3.00. The van der Waals surface area contributed by atoms with E-state index in [9.17, 15) is 4.79 Å². The van der Waals surface area contributed by atoms with E-state index in [1.807, 2.05) is 6.92 Å². The van der Waals surface area contributed by atoms with Crippen LogP contribution in [-0.2, 0) is 9.53 Å². The minimum atomic E-state index is -0.483. The van der Waals surface area contributed by atoms with E-state index < -0.39 is 5.54 Å². The van der Waals surface area contributed by atoms with E-state index >= 15 is 0 Å². The van der Waals surface area contributed by atoms with Crippen LogP contribution < -0.4 is 11.1 Å². The number of likely N-dealkylation sites (N-methyl/N-ethyl adjacent to an activating group) is 1. The predicted octanol–water partition coefficient (Wildman–Crippen LogP) is 1.83. The molecule has 2 unspecified atom stereocenters. The first-order valence-electron chi connectivity index (χ1n) is 7.30. The topological polar surface area (TPSA) is 64.3 Å². The van der Waals surface area contributed by atoms with Gasteiger partial charge < -0.3 is 15.8 Å². The van der Waals surface area contributed by atoms with Gasteiger partial charge in [-0.3, -0.25) is 4.79 Å². The third kappa shape index (κ3) is 3.69. The molecule has 4 nitrogen and oxygen atoms in total. The Morgan fingerprint density at radius 2 is 2.22 bits per heavy atom. The second kappa shape index (κ2) is 7.74. The Kier molecular flexibility index (Phi) is 6.65. The highest BCUT2D eigenvalue weighted by Gasteiger charge is 2.46. The smallest absolute Gasteiger partial charge is 0.238 e. The van der Waals surface area contributed by atoms with E-state index in [4.69, 9.17) is 10.5 Å². The van der Waals surface area contributed by atoms with E-state index in [1.165, 1.54) is 0 Å². The van der Waals surface area contributed by atoms with Gasteiger partial charge >= 0.3 is 0 Å². The van der Waals surface area contributed by atoms with Crippen molar-refractivity contribution in [3.63, 3.8) is 0 Å². The molecule has 1 aliphatic carbocycles. The predicted molar refractivity (Wildman–Crippen MR) is 73.3 cm³/mol. The maximum atomic E-state index is 11.8. The summed E-state index contributed by atoms with van der Waals surface area (Å²) in [6, 6.07) is 0. The lowest BCUT2D eigenvalue weighted by Gasteiger charge is -2.33. The van der Waals surface area contributed by atoms with Gasteiger partial charge in [0, 0.05) is 13.2 Å². The van der Waals surface area contributed by atoms with E-state index in [-0.39, 0.29) is 5.91 Å². The quantitative estimate of drug-likeness (QED) is 0.619. The van der Waals surface area contributed by atoms with Crippen LogP contribution in [0, 0.1) is 5.92 Å². The fourth-order valence-corrected chi connectivity index (χ4v) is 3.00. The van der Waals surface area contributed by atoms with Gasteiger partial charge in [-0.05, 0) is 38.1 Å². The molecule has 0 aromatic rings. The first-order valence-corrected chi connectivity index (χ1v) is 7.30. The standard InChI is InChI=1S/C14H28N2O2/c1-3-5-10-18-11-8-12-7-6-9-14(12,13(15)17)16-4-2/h12,16H,3-11H2,1-2H3,(H2,15,17). The van der Waals surface area contributed by atoms with Crippen LogP contribution in [0.2, 0.25) is 0 Å². The van der Waals surface area contributed by atoms with Crippen LogP contribution in [0.4, 0.5) is 0 Å². The number of carbonyl (C=O) groups excluding carboxylic acids is 1. The number of nitrogens with one attached hydrogen (secondary N) is 1. The molecule has 0 aromatic heterocycles. The molecule has 0 aliphatic heterocycles. The van der Waals surface area contributed by atoms with Crippen LogP contribution in [0.1, 0.15) is 52.4 Å². The maximum absolute atomic E-state index is 11.8. The molecule has 0 spiro atoms. The van der Waals surface area contributed by atoms with Gasteiger partial charge in [0.05, 0.1) is 0 Å². The summed E-state index contributed by atoms with van der Waals surface area (Å²) in [5, 5.41) is 3.33. The zero-order valence-corrected chi connectivity index (χ0v) is 11.8. The Labute approximate surface area is 111 Å². The number of unbranched alkanes of at least 4 members (excludes halogenated alkanes) is 1. The number of hydrogen-bond acceptors (Lipinski definition) is 3. The van der Waals surface area contributed by atoms with Crippen LogP contribution >= 0.6 is 0 Å². The molecular formula is C14H28N2O2. The van der Waals surface area contributed by atoms with Gasteiger partial charge in [0.1, 0.15) is 5.54 Å². The molecule has 106 valence electrons. The van der Waals surface area contributed by atoms with Crippen molar-refractivity contribution >= 4 is 5.91 Å². The molecule has 1 aliphatic rings. The van der Waals surface area contributed by atoms with Crippen molar-refractivity contribution in [1.82, 2.24) is 5.32 Å². The SMILES string of the molecule is CCCCOCCC1CCCC1(NCC)C(N)=O. The average Bonchev–Trinajstić information content (AvgIpc) is 2.74. The number of hydrogen-bond donors (Lipinski definition) is 2. The van der Waals surface area contributed by atoms with Crippen molar-refractivity contribution < 1.29 is 9.53 Å². The fraction of sp³-hybridized carbons (Fsp3) is 0.929. The number of amides is 1. The Morgan fingerprint density at radius 3 is 2.83 bits per heavy atom. The minimum Gasteiger partial charge on any atom is -0.381 e. The number of rotatable bonds is 9. The van der Waals surface area contributed by atoms with Gasteiger partial charge in [0.25, 0.3) is 0 Å². The average molecular weight is 256 g/mol. The van der Waals surface area contributed by atoms with Crippen molar-refractivity contribution in [3.8, 4) is 0 Å². The highest BCUT2D eigenvalue weighted by molar-refractivity contribution is 5.85. The van der Waals surface area contributed by atoms with Crippen molar-refractivity contribution in [2.45, 2.75) is 57.9 Å². The van der Waals surface area contributed by atoms with Gasteiger partial charge in [-0.15, -0.1) is 0 Å². The molecule has 0 radical (unpaired) electrons. The Balaban J connectivity index is 2.44. The zero-order valence-electron chi connectivity index (χ0n) is 11.8. The Hall–Kier alpha value is -0.610. The molecule has 0 saturated heterocycles. The lowest BCUT2D eigenvalue weighted by molar-refractivity contribution is -0.126. The molecule has 0 aromatic carbocycles. The van der Waals surface area contributed by atoms with Gasteiger partial charge in [0.15, 0.2) is 0 Å². The lowest BCUT2D eigenvalue weighted by atomic mass is 9.84. The monoisotopic (exact) mass is 256 g/mol. The molecule has 0 bridgehead atoms.